The molecule has 0 aromatic carbocycles. The Bertz CT molecular complexity index is 1910. The normalized spacial score (nSPS) is 14.6. The number of phosphoric ester groups is 2. The van der Waals surface area contributed by atoms with Crippen LogP contribution in [0.2, 0.25) is 0 Å². The van der Waals surface area contributed by atoms with Gasteiger partial charge in [0.1, 0.15) is 19.3 Å². The minimum absolute atomic E-state index is 0.0977. The molecule has 0 spiro atoms. The average Bonchev–Trinajstić information content (AvgIpc) is 2.53. The van der Waals surface area contributed by atoms with Crippen molar-refractivity contribution in [1.29, 1.82) is 0 Å². The van der Waals surface area contributed by atoms with Gasteiger partial charge in [0.2, 0.25) is 0 Å². The van der Waals surface area contributed by atoms with Gasteiger partial charge in [-0.1, -0.05) is 297 Å². The van der Waals surface area contributed by atoms with E-state index in [0.717, 1.165) is 127 Å². The van der Waals surface area contributed by atoms with Gasteiger partial charge >= 0.3 is 39.5 Å². The molecule has 6 atom stereocenters. The van der Waals surface area contributed by atoms with Gasteiger partial charge in [-0.2, -0.15) is 0 Å². The highest BCUT2D eigenvalue weighted by atomic mass is 31.2. The number of ether oxygens (including phenoxy) is 4. The van der Waals surface area contributed by atoms with E-state index < -0.39 is 97.5 Å². The van der Waals surface area contributed by atoms with Gasteiger partial charge in [0, 0.05) is 25.7 Å². The fourth-order valence-electron chi connectivity index (χ4n) is 10.7. The Hall–Kier alpha value is -2.46. The zero-order valence-electron chi connectivity index (χ0n) is 60.2. The van der Waals surface area contributed by atoms with Crippen LogP contribution in [-0.4, -0.2) is 96.7 Å². The van der Waals surface area contributed by atoms with Gasteiger partial charge in [0.15, 0.2) is 12.2 Å². The van der Waals surface area contributed by atoms with E-state index in [1.54, 1.807) is 0 Å². The predicted molar refractivity (Wildman–Crippen MR) is 377 cm³/mol. The number of hydrogen-bond acceptors (Lipinski definition) is 15. The lowest BCUT2D eigenvalue weighted by Crippen LogP contribution is -2.30. The fourth-order valence-corrected chi connectivity index (χ4v) is 12.3. The minimum atomic E-state index is -4.96. The average molecular weight is 1360 g/mol. The van der Waals surface area contributed by atoms with Crippen molar-refractivity contribution in [3.05, 3.63) is 24.3 Å². The highest BCUT2D eigenvalue weighted by Gasteiger charge is 2.30. The Kier molecular flexibility index (Phi) is 62.5. The molecule has 0 aliphatic carbocycles. The lowest BCUT2D eigenvalue weighted by atomic mass is 9.99. The molecule has 0 bridgehead atoms. The van der Waals surface area contributed by atoms with Crippen LogP contribution >= 0.6 is 15.6 Å². The van der Waals surface area contributed by atoms with Crippen LogP contribution in [0.4, 0.5) is 0 Å². The van der Waals surface area contributed by atoms with Crippen LogP contribution < -0.4 is 0 Å². The molecule has 548 valence electrons. The van der Waals surface area contributed by atoms with Crippen LogP contribution in [0, 0.1) is 17.8 Å². The summed E-state index contributed by atoms with van der Waals surface area (Å²) in [6, 6.07) is 0. The van der Waals surface area contributed by atoms with Crippen molar-refractivity contribution in [1.82, 2.24) is 0 Å². The molecular weight excluding hydrogens is 1220 g/mol. The van der Waals surface area contributed by atoms with Crippen LogP contribution in [0.3, 0.4) is 0 Å². The maximum absolute atomic E-state index is 13.0. The molecule has 0 rings (SSSR count). The Labute approximate surface area is 567 Å². The van der Waals surface area contributed by atoms with Crippen LogP contribution in [-0.2, 0) is 65.4 Å². The fraction of sp³-hybridized carbons (Fsp3) is 0.892. The van der Waals surface area contributed by atoms with Crippen molar-refractivity contribution < 1.29 is 80.2 Å². The second-order valence-electron chi connectivity index (χ2n) is 27.2. The monoisotopic (exact) mass is 1360 g/mol. The molecular formula is C74H140O17P2. The highest BCUT2D eigenvalue weighted by molar-refractivity contribution is 7.47. The third-order valence-electron chi connectivity index (χ3n) is 16.9. The van der Waals surface area contributed by atoms with E-state index in [1.807, 2.05) is 0 Å². The summed E-state index contributed by atoms with van der Waals surface area (Å²) in [4.78, 5) is 72.7. The summed E-state index contributed by atoms with van der Waals surface area (Å²) in [5.74, 6) is 0.0832. The Morgan fingerprint density at radius 2 is 0.634 bits per heavy atom. The van der Waals surface area contributed by atoms with E-state index in [1.165, 1.54) is 135 Å². The van der Waals surface area contributed by atoms with E-state index in [0.29, 0.717) is 31.6 Å². The number of unbranched alkanes of at least 4 members (excludes halogenated alkanes) is 34. The lowest BCUT2D eigenvalue weighted by molar-refractivity contribution is -0.161. The van der Waals surface area contributed by atoms with Crippen LogP contribution in [0.1, 0.15) is 350 Å². The van der Waals surface area contributed by atoms with Crippen molar-refractivity contribution in [2.24, 2.45) is 17.8 Å². The molecule has 0 aromatic rings. The number of carbonyl (C=O) groups is 4. The molecule has 3 unspecified atom stereocenters. The van der Waals surface area contributed by atoms with E-state index >= 15 is 0 Å². The molecule has 0 aromatic heterocycles. The van der Waals surface area contributed by atoms with Crippen LogP contribution in [0.5, 0.6) is 0 Å². The number of aliphatic hydroxyl groups is 1. The predicted octanol–water partition coefficient (Wildman–Crippen LogP) is 21.0. The summed E-state index contributed by atoms with van der Waals surface area (Å²) in [6.45, 7) is 11.7. The summed E-state index contributed by atoms with van der Waals surface area (Å²) in [7, 11) is -9.92. The van der Waals surface area contributed by atoms with Gasteiger partial charge in [-0.25, -0.2) is 9.13 Å². The molecule has 19 heteroatoms. The molecule has 0 saturated heterocycles. The summed E-state index contributed by atoms with van der Waals surface area (Å²) < 4.78 is 68.4. The van der Waals surface area contributed by atoms with Crippen molar-refractivity contribution in [2.75, 3.05) is 39.6 Å². The van der Waals surface area contributed by atoms with Crippen LogP contribution in [0.25, 0.3) is 0 Å². The second-order valence-corrected chi connectivity index (χ2v) is 30.1. The molecule has 0 aliphatic rings. The number of phosphoric acid groups is 2. The molecule has 3 N–H and O–H groups in total. The molecule has 93 heavy (non-hydrogen) atoms. The number of hydrogen-bond donors (Lipinski definition) is 3. The highest BCUT2D eigenvalue weighted by Crippen LogP contribution is 2.45. The summed E-state index contributed by atoms with van der Waals surface area (Å²) in [6.07, 6.45) is 52.3. The lowest BCUT2D eigenvalue weighted by Gasteiger charge is -2.21. The topological polar surface area (TPSA) is 237 Å². The molecule has 0 radical (unpaired) electrons. The third kappa shape index (κ3) is 66.6. The molecule has 0 aliphatic heterocycles. The number of rotatable bonds is 70. The van der Waals surface area contributed by atoms with Gasteiger partial charge in [-0.05, 0) is 69.1 Å². The summed E-state index contributed by atoms with van der Waals surface area (Å²) in [5, 5.41) is 10.6. The van der Waals surface area contributed by atoms with Gasteiger partial charge in [-0.3, -0.25) is 37.3 Å². The Morgan fingerprint density at radius 3 is 0.957 bits per heavy atom. The number of allylic oxidation sites excluding steroid dienone is 4. The minimum Gasteiger partial charge on any atom is -0.462 e. The first kappa shape index (κ1) is 90.5. The molecule has 0 saturated carbocycles. The van der Waals surface area contributed by atoms with Gasteiger partial charge < -0.3 is 33.8 Å². The summed E-state index contributed by atoms with van der Waals surface area (Å²) in [5.41, 5.74) is 0. The van der Waals surface area contributed by atoms with Gasteiger partial charge in [0.05, 0.1) is 26.4 Å². The number of esters is 4. The first-order chi connectivity index (χ1) is 44.8. The summed E-state index contributed by atoms with van der Waals surface area (Å²) >= 11 is 0. The van der Waals surface area contributed by atoms with E-state index in [9.17, 15) is 43.2 Å². The number of carbonyl (C=O) groups excluding carboxylic acids is 4. The third-order valence-corrected chi connectivity index (χ3v) is 18.8. The maximum Gasteiger partial charge on any atom is 0.472 e. The van der Waals surface area contributed by atoms with Crippen molar-refractivity contribution >= 4 is 39.5 Å². The first-order valence-electron chi connectivity index (χ1n) is 37.7. The number of aliphatic hydroxyl groups excluding tert-OH is 1. The van der Waals surface area contributed by atoms with Crippen molar-refractivity contribution in [3.8, 4) is 0 Å². The zero-order valence-corrected chi connectivity index (χ0v) is 62.0. The van der Waals surface area contributed by atoms with E-state index in [4.69, 9.17) is 37.0 Å². The first-order valence-corrected chi connectivity index (χ1v) is 40.7. The molecule has 0 amide bonds. The molecule has 0 heterocycles. The Balaban J connectivity index is 5.26. The van der Waals surface area contributed by atoms with Gasteiger partial charge in [-0.15, -0.1) is 0 Å². The van der Waals surface area contributed by atoms with Crippen molar-refractivity contribution in [3.63, 3.8) is 0 Å². The van der Waals surface area contributed by atoms with E-state index in [2.05, 4.69) is 72.8 Å². The molecule has 17 nitrogen and oxygen atoms in total. The second kappa shape index (κ2) is 64.2. The largest absolute Gasteiger partial charge is 0.472 e. The standard InChI is InChI=1S/C74H140O17P2/c1-8-10-11-12-13-14-15-16-17-21-24-27-33-41-48-55-71(76)84-61-69(91-74(79)58-51-44-35-30-29-32-40-47-54-67(7)9-2)63-88-92(80,81)86-59-68(75)60-87-93(82,83)89-64-70(62-85-72(77)56-49-42-37-36-39-46-53-66(5)6)90-73(78)57-50-43-34-28-25-22-19-18-20-23-26-31-38-45-52-65(3)4/h14-17,65-70,75H,8-13,18-64H2,1-7H3,(H,80,81)(H,82,83)/b15-14-,17-16-/t67?,68-,69-,70-/m1/s1. The maximum atomic E-state index is 13.0. The Morgan fingerprint density at radius 1 is 0.355 bits per heavy atom. The molecule has 0 fully saturated rings. The van der Waals surface area contributed by atoms with Crippen LogP contribution in [0.15, 0.2) is 24.3 Å². The van der Waals surface area contributed by atoms with Gasteiger partial charge in [0.25, 0.3) is 0 Å². The van der Waals surface area contributed by atoms with Crippen molar-refractivity contribution in [2.45, 2.75) is 369 Å². The zero-order chi connectivity index (χ0) is 68.7. The smallest absolute Gasteiger partial charge is 0.462 e. The SMILES string of the molecule is CCCCCC/C=C\C=C/CCCCCCCC(=O)OC[C@H](COP(=O)(O)OC[C@@H](O)COP(=O)(O)OC[C@@H](COC(=O)CCCCCCCCC(C)C)OC(=O)CCCCCCCCCCCCCCCCC(C)C)OC(=O)CCCCCCCCCCC(C)CC. The quantitative estimate of drug-likeness (QED) is 0.0169. The van der Waals surface area contributed by atoms with E-state index in [-0.39, 0.29) is 25.7 Å².